The van der Waals surface area contributed by atoms with Gasteiger partial charge in [0.2, 0.25) is 5.91 Å². The highest BCUT2D eigenvalue weighted by Gasteiger charge is 2.33. The number of halogens is 1. The molecule has 8 heteroatoms. The number of aromatic nitrogens is 1. The predicted molar refractivity (Wildman–Crippen MR) is 112 cm³/mol. The van der Waals surface area contributed by atoms with E-state index in [1.54, 1.807) is 17.0 Å². The van der Waals surface area contributed by atoms with E-state index in [9.17, 15) is 14.0 Å². The number of carbonyl (C=O) groups excluding carboxylic acids is 2. The van der Waals surface area contributed by atoms with E-state index in [1.807, 2.05) is 11.8 Å². The first-order valence-corrected chi connectivity index (χ1v) is 11.2. The van der Waals surface area contributed by atoms with Crippen LogP contribution in [0.1, 0.15) is 38.8 Å². The third-order valence-electron chi connectivity index (χ3n) is 5.68. The van der Waals surface area contributed by atoms with Gasteiger partial charge in [0, 0.05) is 32.6 Å². The van der Waals surface area contributed by atoms with Crippen LogP contribution in [0.3, 0.4) is 0 Å². The van der Waals surface area contributed by atoms with Crippen molar-refractivity contribution in [3.63, 3.8) is 0 Å². The van der Waals surface area contributed by atoms with Crippen LogP contribution in [0, 0.1) is 18.7 Å². The highest BCUT2D eigenvalue weighted by atomic mass is 32.1. The maximum atomic E-state index is 13.2. The lowest BCUT2D eigenvalue weighted by Gasteiger charge is -2.36. The van der Waals surface area contributed by atoms with Crippen molar-refractivity contribution in [1.29, 1.82) is 0 Å². The minimum atomic E-state index is -0.267. The molecule has 0 saturated carbocycles. The Balaban J connectivity index is 1.42. The molecule has 0 N–H and O–H groups in total. The lowest BCUT2D eigenvalue weighted by atomic mass is 9.96. The average molecular weight is 432 g/mol. The first-order chi connectivity index (χ1) is 14.5. The Bertz CT molecular complexity index is 909. The summed E-state index contributed by atoms with van der Waals surface area (Å²) in [6.07, 6.45) is 2.21. The molecule has 2 amide bonds. The second-order valence-corrected chi connectivity index (χ2v) is 8.94. The number of ether oxygens (including phenoxy) is 1. The number of hydrogen-bond donors (Lipinski definition) is 0. The number of thiazole rings is 1. The minimum absolute atomic E-state index is 0.0465. The number of amides is 2. The van der Waals surface area contributed by atoms with E-state index in [0.29, 0.717) is 56.4 Å². The zero-order valence-corrected chi connectivity index (χ0v) is 17.9. The van der Waals surface area contributed by atoms with E-state index in [2.05, 4.69) is 4.98 Å². The summed E-state index contributed by atoms with van der Waals surface area (Å²) in [5.41, 5.74) is 1.67. The number of hydrogen-bond acceptors (Lipinski definition) is 5. The number of morpholine rings is 1. The summed E-state index contributed by atoms with van der Waals surface area (Å²) in [5.74, 6) is -0.326. The van der Waals surface area contributed by atoms with Crippen LogP contribution in [0.4, 0.5) is 4.39 Å². The summed E-state index contributed by atoms with van der Waals surface area (Å²) >= 11 is 1.39. The van der Waals surface area contributed by atoms with Gasteiger partial charge in [0.05, 0.1) is 29.8 Å². The summed E-state index contributed by atoms with van der Waals surface area (Å²) in [7, 11) is 0. The number of carbonyl (C=O) groups is 2. The number of benzene rings is 1. The molecule has 2 fully saturated rings. The summed E-state index contributed by atoms with van der Waals surface area (Å²) in [5, 5.41) is 0.834. The van der Waals surface area contributed by atoms with Gasteiger partial charge >= 0.3 is 0 Å². The molecule has 0 aliphatic carbocycles. The van der Waals surface area contributed by atoms with E-state index in [-0.39, 0.29) is 23.5 Å². The number of aryl methyl sites for hydroxylation is 1. The van der Waals surface area contributed by atoms with Crippen molar-refractivity contribution < 1.29 is 18.7 Å². The molecule has 3 heterocycles. The average Bonchev–Trinajstić information content (AvgIpc) is 3.15. The van der Waals surface area contributed by atoms with Gasteiger partial charge < -0.3 is 14.5 Å². The zero-order chi connectivity index (χ0) is 21.1. The summed E-state index contributed by atoms with van der Waals surface area (Å²) < 4.78 is 18.5. The second-order valence-electron chi connectivity index (χ2n) is 7.85. The molecule has 6 nitrogen and oxygen atoms in total. The maximum Gasteiger partial charge on any atom is 0.265 e. The van der Waals surface area contributed by atoms with Crippen molar-refractivity contribution in [2.75, 3.05) is 39.4 Å². The molecule has 1 aromatic carbocycles. The fraction of sp³-hybridized carbons (Fsp3) is 0.500. The molecule has 2 aliphatic heterocycles. The van der Waals surface area contributed by atoms with Gasteiger partial charge in [-0.3, -0.25) is 9.59 Å². The second kappa shape index (κ2) is 9.22. The monoisotopic (exact) mass is 431 g/mol. The fourth-order valence-corrected chi connectivity index (χ4v) is 5.12. The Kier molecular flexibility index (Phi) is 6.43. The molecule has 1 atom stereocenters. The molecule has 30 heavy (non-hydrogen) atoms. The molecule has 2 aliphatic rings. The van der Waals surface area contributed by atoms with E-state index >= 15 is 0 Å². The van der Waals surface area contributed by atoms with Gasteiger partial charge in [-0.05, 0) is 37.5 Å². The summed E-state index contributed by atoms with van der Waals surface area (Å²) in [4.78, 5) is 34.9. The van der Waals surface area contributed by atoms with Gasteiger partial charge in [-0.15, -0.1) is 11.3 Å². The largest absolute Gasteiger partial charge is 0.378 e. The van der Waals surface area contributed by atoms with Crippen molar-refractivity contribution in [3.05, 3.63) is 51.2 Å². The predicted octanol–water partition coefficient (Wildman–Crippen LogP) is 2.89. The summed E-state index contributed by atoms with van der Waals surface area (Å²) in [6, 6.07) is 6.34. The van der Waals surface area contributed by atoms with Crippen LogP contribution in [-0.4, -0.2) is 66.0 Å². The van der Waals surface area contributed by atoms with Crippen molar-refractivity contribution >= 4 is 23.2 Å². The Labute approximate surface area is 179 Å². The van der Waals surface area contributed by atoms with Crippen LogP contribution in [0.15, 0.2) is 24.3 Å². The SMILES string of the molecule is Cc1nc(Cc2ccc(F)cc2)sc1C(=O)N1CCC[C@H](C(=O)N2CCOCC2)C1. The van der Waals surface area contributed by atoms with Gasteiger partial charge in [-0.25, -0.2) is 9.37 Å². The van der Waals surface area contributed by atoms with E-state index in [1.165, 1.54) is 23.5 Å². The van der Waals surface area contributed by atoms with Crippen LogP contribution in [-0.2, 0) is 16.0 Å². The van der Waals surface area contributed by atoms with Crippen LogP contribution in [0.2, 0.25) is 0 Å². The van der Waals surface area contributed by atoms with Gasteiger partial charge in [0.1, 0.15) is 10.7 Å². The lowest BCUT2D eigenvalue weighted by Crippen LogP contribution is -2.49. The lowest BCUT2D eigenvalue weighted by molar-refractivity contribution is -0.141. The fourth-order valence-electron chi connectivity index (χ4n) is 4.05. The van der Waals surface area contributed by atoms with Crippen molar-refractivity contribution in [2.45, 2.75) is 26.2 Å². The van der Waals surface area contributed by atoms with Gasteiger partial charge in [0.15, 0.2) is 0 Å². The number of piperidine rings is 1. The summed E-state index contributed by atoms with van der Waals surface area (Å²) in [6.45, 7) is 5.39. The van der Waals surface area contributed by atoms with Crippen LogP contribution in [0.5, 0.6) is 0 Å². The third kappa shape index (κ3) is 4.70. The molecule has 0 spiro atoms. The normalized spacial score (nSPS) is 19.7. The first kappa shape index (κ1) is 20.9. The quantitative estimate of drug-likeness (QED) is 0.747. The smallest absolute Gasteiger partial charge is 0.265 e. The molecule has 4 rings (SSSR count). The highest BCUT2D eigenvalue weighted by molar-refractivity contribution is 7.13. The van der Waals surface area contributed by atoms with Crippen molar-refractivity contribution in [3.8, 4) is 0 Å². The highest BCUT2D eigenvalue weighted by Crippen LogP contribution is 2.26. The van der Waals surface area contributed by atoms with E-state index in [0.717, 1.165) is 23.4 Å². The van der Waals surface area contributed by atoms with Crippen molar-refractivity contribution in [2.24, 2.45) is 5.92 Å². The molecule has 160 valence electrons. The van der Waals surface area contributed by atoms with Gasteiger partial charge in [-0.1, -0.05) is 12.1 Å². The van der Waals surface area contributed by atoms with Crippen LogP contribution in [0.25, 0.3) is 0 Å². The molecular weight excluding hydrogens is 405 g/mol. The Hall–Kier alpha value is -2.32. The van der Waals surface area contributed by atoms with Crippen LogP contribution >= 0.6 is 11.3 Å². The Morgan fingerprint density at radius 2 is 1.90 bits per heavy atom. The van der Waals surface area contributed by atoms with E-state index in [4.69, 9.17) is 4.74 Å². The van der Waals surface area contributed by atoms with Crippen molar-refractivity contribution in [1.82, 2.24) is 14.8 Å². The molecule has 0 unspecified atom stereocenters. The van der Waals surface area contributed by atoms with Crippen LogP contribution < -0.4 is 0 Å². The Morgan fingerprint density at radius 1 is 1.17 bits per heavy atom. The van der Waals surface area contributed by atoms with E-state index < -0.39 is 0 Å². The molecule has 2 aromatic rings. The first-order valence-electron chi connectivity index (χ1n) is 10.4. The molecule has 2 saturated heterocycles. The third-order valence-corrected chi connectivity index (χ3v) is 6.83. The van der Waals surface area contributed by atoms with Gasteiger partial charge in [-0.2, -0.15) is 0 Å². The molecule has 0 radical (unpaired) electrons. The number of nitrogens with zero attached hydrogens (tertiary/aromatic N) is 3. The topological polar surface area (TPSA) is 62.7 Å². The minimum Gasteiger partial charge on any atom is -0.378 e. The Morgan fingerprint density at radius 3 is 2.63 bits per heavy atom. The standard InChI is InChI=1S/C22H26FN3O3S/c1-15-20(30-19(24-15)13-16-4-6-18(23)7-5-16)22(28)26-8-2-3-17(14-26)21(27)25-9-11-29-12-10-25/h4-7,17H,2-3,8-14H2,1H3/t17-/m0/s1. The molecular formula is C22H26FN3O3S. The number of likely N-dealkylation sites (tertiary alicyclic amines) is 1. The number of rotatable bonds is 4. The van der Waals surface area contributed by atoms with Gasteiger partial charge in [0.25, 0.3) is 5.91 Å². The maximum absolute atomic E-state index is 13.2. The molecule has 0 bridgehead atoms. The molecule has 1 aromatic heterocycles. The zero-order valence-electron chi connectivity index (χ0n) is 17.1.